The molecule has 0 radical (unpaired) electrons. The summed E-state index contributed by atoms with van der Waals surface area (Å²) in [6.45, 7) is 4.42. The molecule has 0 aromatic rings. The van der Waals surface area contributed by atoms with Crippen LogP contribution in [0.3, 0.4) is 0 Å². The van der Waals surface area contributed by atoms with Crippen molar-refractivity contribution in [1.82, 2.24) is 0 Å². The summed E-state index contributed by atoms with van der Waals surface area (Å²) >= 11 is 0. The second-order valence-corrected chi connectivity index (χ2v) is 3.61. The van der Waals surface area contributed by atoms with Crippen LogP contribution in [0.15, 0.2) is 23.8 Å². The van der Waals surface area contributed by atoms with Gasteiger partial charge >= 0.3 is 0 Å². The molecule has 74 valence electrons. The van der Waals surface area contributed by atoms with Gasteiger partial charge < -0.3 is 17.0 Å². The van der Waals surface area contributed by atoms with Crippen LogP contribution in [0, 0.1) is 5.92 Å². The van der Waals surface area contributed by atoms with E-state index in [9.17, 15) is 0 Å². The fourth-order valence-electron chi connectivity index (χ4n) is 1.54. The van der Waals surface area contributed by atoms with E-state index in [4.69, 9.17) is 0 Å². The Morgan fingerprint density at radius 2 is 2.00 bits per heavy atom. The van der Waals surface area contributed by atoms with Gasteiger partial charge in [0.05, 0.1) is 29.7 Å². The second-order valence-electron chi connectivity index (χ2n) is 3.61. The Morgan fingerprint density at radius 1 is 1.23 bits per heavy atom. The van der Waals surface area contributed by atoms with Crippen LogP contribution >= 0.6 is 0 Å². The van der Waals surface area contributed by atoms with Crippen molar-refractivity contribution < 1.29 is 17.0 Å². The van der Waals surface area contributed by atoms with Crippen LogP contribution in [0.2, 0.25) is 0 Å². The van der Waals surface area contributed by atoms with E-state index in [-0.39, 0.29) is 17.0 Å². The molecule has 0 aromatic heterocycles. The van der Waals surface area contributed by atoms with Gasteiger partial charge in [0.25, 0.3) is 0 Å². The molecule has 0 bridgehead atoms. The molecule has 0 nitrogen and oxygen atoms in total. The molecule has 13 heavy (non-hydrogen) atoms. The number of unbranched alkanes of at least 4 members (excludes halogenated alkanes) is 3. The molecule has 1 rings (SSSR count). The topological polar surface area (TPSA) is 0 Å². The van der Waals surface area contributed by atoms with E-state index < -0.39 is 0 Å². The first-order chi connectivity index (χ1) is 5.83. The highest BCUT2D eigenvalue weighted by Gasteiger charge is 2.12. The van der Waals surface area contributed by atoms with Crippen LogP contribution in [-0.2, 0) is 0 Å². The summed E-state index contributed by atoms with van der Waals surface area (Å²) in [5, 5.41) is 0. The minimum atomic E-state index is 0. The summed E-state index contributed by atoms with van der Waals surface area (Å²) in [6.07, 6.45) is 13.5. The predicted octanol–water partition coefficient (Wildman–Crippen LogP) is 1.05. The lowest BCUT2D eigenvalue weighted by Gasteiger charge is -1.94. The highest BCUT2D eigenvalue weighted by atomic mass is 79.9. The highest BCUT2D eigenvalue weighted by Crippen LogP contribution is 2.21. The standard InChI is InChI=1S/C12H19.BrH/c1-3-4-5-6-7-12-9-8-11(2)10-12;/h8-10H,3-7H2,1-2H3;1H/q+1;/p-1. The smallest absolute Gasteiger partial charge is 0.0934 e. The molecular formula is C12H19Br. The van der Waals surface area contributed by atoms with Crippen molar-refractivity contribution in [2.75, 3.05) is 0 Å². The average Bonchev–Trinajstić information content (AvgIpc) is 2.45. The number of allylic oxidation sites excluding steroid dienone is 4. The van der Waals surface area contributed by atoms with Crippen LogP contribution < -0.4 is 17.0 Å². The summed E-state index contributed by atoms with van der Waals surface area (Å²) in [4.78, 5) is 0. The van der Waals surface area contributed by atoms with Crippen molar-refractivity contribution in [3.05, 3.63) is 29.7 Å². The normalized spacial score (nSPS) is 14.3. The third-order valence-corrected chi connectivity index (χ3v) is 2.29. The minimum Gasteiger partial charge on any atom is -1.00 e. The molecule has 0 saturated heterocycles. The van der Waals surface area contributed by atoms with Gasteiger partial charge in [0.1, 0.15) is 0 Å². The molecule has 0 aliphatic heterocycles. The largest absolute Gasteiger partial charge is 1.00 e. The monoisotopic (exact) mass is 242 g/mol. The van der Waals surface area contributed by atoms with E-state index >= 15 is 0 Å². The summed E-state index contributed by atoms with van der Waals surface area (Å²) in [6, 6.07) is 0. The van der Waals surface area contributed by atoms with Gasteiger partial charge in [-0.15, -0.1) is 0 Å². The second kappa shape index (κ2) is 7.25. The van der Waals surface area contributed by atoms with Crippen molar-refractivity contribution in [3.63, 3.8) is 0 Å². The van der Waals surface area contributed by atoms with Crippen LogP contribution in [-0.4, -0.2) is 0 Å². The van der Waals surface area contributed by atoms with E-state index in [1.165, 1.54) is 43.6 Å². The van der Waals surface area contributed by atoms with E-state index in [1.807, 2.05) is 0 Å². The van der Waals surface area contributed by atoms with Gasteiger partial charge in [-0.25, -0.2) is 0 Å². The van der Waals surface area contributed by atoms with Gasteiger partial charge in [0.2, 0.25) is 0 Å². The molecule has 1 heteroatoms. The van der Waals surface area contributed by atoms with Gasteiger partial charge in [0, 0.05) is 13.3 Å². The SMILES string of the molecule is CCCCCCC1=C[C+](C)C=C1.[Br-]. The number of rotatable bonds is 5. The molecule has 0 fully saturated rings. The molecule has 0 N–H and O–H groups in total. The van der Waals surface area contributed by atoms with Crippen LogP contribution in [0.25, 0.3) is 0 Å². The van der Waals surface area contributed by atoms with Crippen molar-refractivity contribution in [1.29, 1.82) is 0 Å². The quantitative estimate of drug-likeness (QED) is 0.500. The maximum Gasteiger partial charge on any atom is 0.0934 e. The Kier molecular flexibility index (Phi) is 7.16. The maximum absolute atomic E-state index is 2.30. The minimum absolute atomic E-state index is 0. The van der Waals surface area contributed by atoms with Crippen molar-refractivity contribution in [2.24, 2.45) is 0 Å². The molecule has 1 aliphatic rings. The predicted molar refractivity (Wildman–Crippen MR) is 54.9 cm³/mol. The first kappa shape index (κ1) is 12.8. The van der Waals surface area contributed by atoms with Crippen LogP contribution in [0.4, 0.5) is 0 Å². The Morgan fingerprint density at radius 3 is 2.54 bits per heavy atom. The highest BCUT2D eigenvalue weighted by molar-refractivity contribution is 5.39. The Labute approximate surface area is 92.9 Å². The van der Waals surface area contributed by atoms with E-state index in [0.717, 1.165) is 0 Å². The lowest BCUT2D eigenvalue weighted by molar-refractivity contribution is -0.00000266. The number of halogens is 1. The zero-order valence-corrected chi connectivity index (χ0v) is 10.2. The fraction of sp³-hybridized carbons (Fsp3) is 0.583. The molecule has 0 saturated carbocycles. The van der Waals surface area contributed by atoms with Gasteiger partial charge in [-0.05, 0) is 6.42 Å². The average molecular weight is 243 g/mol. The molecule has 0 aromatic carbocycles. The summed E-state index contributed by atoms with van der Waals surface area (Å²) in [5.41, 5.74) is 1.52. The van der Waals surface area contributed by atoms with E-state index in [2.05, 4.69) is 32.1 Å². The Hall–Kier alpha value is -0.170. The van der Waals surface area contributed by atoms with Gasteiger partial charge in [-0.3, -0.25) is 0 Å². The van der Waals surface area contributed by atoms with Gasteiger partial charge in [-0.1, -0.05) is 26.2 Å². The van der Waals surface area contributed by atoms with Crippen LogP contribution in [0.5, 0.6) is 0 Å². The number of hydrogen-bond donors (Lipinski definition) is 0. The summed E-state index contributed by atoms with van der Waals surface area (Å²) < 4.78 is 0. The van der Waals surface area contributed by atoms with Gasteiger partial charge in [0.15, 0.2) is 0 Å². The van der Waals surface area contributed by atoms with Gasteiger partial charge in [-0.2, -0.15) is 0 Å². The van der Waals surface area contributed by atoms with Crippen molar-refractivity contribution in [2.45, 2.75) is 46.0 Å². The Bertz CT molecular complexity index is 180. The molecule has 0 amide bonds. The number of hydrogen-bond acceptors (Lipinski definition) is 0. The molecule has 0 heterocycles. The van der Waals surface area contributed by atoms with Crippen LogP contribution in [0.1, 0.15) is 46.0 Å². The molecule has 0 atom stereocenters. The zero-order valence-electron chi connectivity index (χ0n) is 8.65. The zero-order chi connectivity index (χ0) is 8.81. The molecular weight excluding hydrogens is 224 g/mol. The van der Waals surface area contributed by atoms with E-state index in [0.29, 0.717) is 0 Å². The molecule has 0 spiro atoms. The molecule has 0 unspecified atom stereocenters. The van der Waals surface area contributed by atoms with E-state index in [1.54, 1.807) is 0 Å². The fourth-order valence-corrected chi connectivity index (χ4v) is 1.54. The van der Waals surface area contributed by atoms with Crippen molar-refractivity contribution in [3.8, 4) is 0 Å². The third kappa shape index (κ3) is 5.20. The van der Waals surface area contributed by atoms with Crippen molar-refractivity contribution >= 4 is 0 Å². The Balaban J connectivity index is 0.00000144. The maximum atomic E-state index is 2.30. The lowest BCUT2D eigenvalue weighted by atomic mass is 10.1. The first-order valence-corrected chi connectivity index (χ1v) is 5.05. The summed E-state index contributed by atoms with van der Waals surface area (Å²) in [7, 11) is 0. The summed E-state index contributed by atoms with van der Waals surface area (Å²) in [5.74, 6) is 1.40. The molecule has 1 aliphatic carbocycles. The first-order valence-electron chi connectivity index (χ1n) is 5.05. The third-order valence-electron chi connectivity index (χ3n) is 2.29. The lowest BCUT2D eigenvalue weighted by Crippen LogP contribution is -3.00.